The van der Waals surface area contributed by atoms with Crippen molar-refractivity contribution in [3.63, 3.8) is 0 Å². The van der Waals surface area contributed by atoms with Crippen LogP contribution in [0.3, 0.4) is 0 Å². The Morgan fingerprint density at radius 1 is 1.13 bits per heavy atom. The van der Waals surface area contributed by atoms with Gasteiger partial charge in [0.1, 0.15) is 17.7 Å². The van der Waals surface area contributed by atoms with Gasteiger partial charge in [-0.25, -0.2) is 4.79 Å². The Kier molecular flexibility index (Phi) is 14.1. The van der Waals surface area contributed by atoms with Crippen molar-refractivity contribution in [1.29, 1.82) is 0 Å². The van der Waals surface area contributed by atoms with Crippen LogP contribution in [0.5, 0.6) is 0 Å². The van der Waals surface area contributed by atoms with Crippen LogP contribution < -0.4 is 10.6 Å². The molecule has 0 saturated carbocycles. The van der Waals surface area contributed by atoms with E-state index in [1.807, 2.05) is 31.2 Å². The molecular weight excluding hydrogens is 482 g/mol. The van der Waals surface area contributed by atoms with Gasteiger partial charge >= 0.3 is 6.09 Å². The SMILES string of the molecule is C=Cc1cccc(C(C(=O)NCCCCC)N(C(=O)C(CO)NC(=O)OC(C)(C)C)C(C)CCC(C)C)c1. The maximum absolute atomic E-state index is 14.0. The highest BCUT2D eigenvalue weighted by molar-refractivity contribution is 5.92. The largest absolute Gasteiger partial charge is 0.444 e. The van der Waals surface area contributed by atoms with E-state index in [1.165, 1.54) is 4.90 Å². The van der Waals surface area contributed by atoms with Gasteiger partial charge in [0.15, 0.2) is 0 Å². The molecule has 0 heterocycles. The maximum Gasteiger partial charge on any atom is 0.408 e. The van der Waals surface area contributed by atoms with Crippen LogP contribution in [0.2, 0.25) is 0 Å². The number of nitrogens with zero attached hydrogens (tertiary/aromatic N) is 1. The molecule has 1 aromatic rings. The van der Waals surface area contributed by atoms with Gasteiger partial charge in [-0.3, -0.25) is 9.59 Å². The van der Waals surface area contributed by atoms with Gasteiger partial charge in [-0.2, -0.15) is 0 Å². The Morgan fingerprint density at radius 2 is 1.82 bits per heavy atom. The Bertz CT molecular complexity index is 909. The van der Waals surface area contributed by atoms with E-state index in [4.69, 9.17) is 4.74 Å². The van der Waals surface area contributed by atoms with E-state index < -0.39 is 36.3 Å². The van der Waals surface area contributed by atoms with Crippen molar-refractivity contribution in [2.24, 2.45) is 5.92 Å². The molecule has 8 nitrogen and oxygen atoms in total. The molecule has 0 fully saturated rings. The number of benzene rings is 1. The lowest BCUT2D eigenvalue weighted by Gasteiger charge is -2.38. The van der Waals surface area contributed by atoms with Gasteiger partial charge in [0.25, 0.3) is 0 Å². The fraction of sp³-hybridized carbons (Fsp3) is 0.633. The number of carbonyl (C=O) groups is 3. The van der Waals surface area contributed by atoms with E-state index in [0.29, 0.717) is 24.4 Å². The average Bonchev–Trinajstić information content (AvgIpc) is 2.85. The minimum absolute atomic E-state index is 0.305. The van der Waals surface area contributed by atoms with Gasteiger partial charge in [0.2, 0.25) is 11.8 Å². The van der Waals surface area contributed by atoms with Crippen molar-refractivity contribution in [2.75, 3.05) is 13.2 Å². The van der Waals surface area contributed by atoms with Crippen molar-refractivity contribution in [1.82, 2.24) is 15.5 Å². The lowest BCUT2D eigenvalue weighted by Crippen LogP contribution is -2.56. The number of hydrogen-bond donors (Lipinski definition) is 3. The van der Waals surface area contributed by atoms with Crippen LogP contribution in [0.1, 0.15) is 97.7 Å². The number of unbranched alkanes of at least 4 members (excludes halogenated alkanes) is 2. The van der Waals surface area contributed by atoms with Gasteiger partial charge in [-0.15, -0.1) is 0 Å². The van der Waals surface area contributed by atoms with E-state index in [2.05, 4.69) is 38.0 Å². The molecule has 0 aliphatic carbocycles. The summed E-state index contributed by atoms with van der Waals surface area (Å²) in [6.07, 6.45) is 5.20. The number of amides is 3. The fourth-order valence-electron chi connectivity index (χ4n) is 4.11. The molecule has 0 aliphatic rings. The molecule has 3 amide bonds. The zero-order valence-corrected chi connectivity index (χ0v) is 24.4. The van der Waals surface area contributed by atoms with Crippen LogP contribution in [0, 0.1) is 5.92 Å². The molecule has 0 spiro atoms. The molecule has 0 aromatic heterocycles. The number of rotatable bonds is 15. The molecule has 8 heteroatoms. The van der Waals surface area contributed by atoms with E-state index in [0.717, 1.165) is 31.2 Å². The normalized spacial score (nSPS) is 13.8. The van der Waals surface area contributed by atoms with E-state index in [1.54, 1.807) is 26.8 Å². The van der Waals surface area contributed by atoms with Crippen LogP contribution in [0.25, 0.3) is 6.08 Å². The van der Waals surface area contributed by atoms with E-state index in [-0.39, 0.29) is 11.9 Å². The highest BCUT2D eigenvalue weighted by Crippen LogP contribution is 2.28. The standard InChI is InChI=1S/C30H49N3O5/c1-9-11-12-18-31-27(35)26(24-15-13-14-23(10-2)19-24)33(22(5)17-16-21(3)4)28(36)25(20-34)32-29(37)38-30(6,7)8/h10,13-15,19,21-22,25-26,34H,2,9,11-12,16-18,20H2,1,3-8H3,(H,31,35)(H,32,37). The number of carbonyl (C=O) groups excluding carboxylic acids is 3. The van der Waals surface area contributed by atoms with Crippen LogP contribution >= 0.6 is 0 Å². The van der Waals surface area contributed by atoms with Crippen molar-refractivity contribution >= 4 is 24.0 Å². The molecule has 3 atom stereocenters. The number of aliphatic hydroxyl groups is 1. The number of ether oxygens (including phenoxy) is 1. The zero-order chi connectivity index (χ0) is 28.9. The molecule has 3 unspecified atom stereocenters. The summed E-state index contributed by atoms with van der Waals surface area (Å²) in [6.45, 7) is 17.0. The molecule has 0 aliphatic heterocycles. The second kappa shape index (κ2) is 16.2. The van der Waals surface area contributed by atoms with Crippen molar-refractivity contribution in [3.05, 3.63) is 42.0 Å². The smallest absolute Gasteiger partial charge is 0.408 e. The second-order valence-corrected chi connectivity index (χ2v) is 11.2. The van der Waals surface area contributed by atoms with Crippen LogP contribution in [0.15, 0.2) is 30.8 Å². The topological polar surface area (TPSA) is 108 Å². The fourth-order valence-corrected chi connectivity index (χ4v) is 4.11. The van der Waals surface area contributed by atoms with Crippen LogP contribution in [-0.2, 0) is 14.3 Å². The third-order valence-electron chi connectivity index (χ3n) is 6.13. The van der Waals surface area contributed by atoms with Crippen molar-refractivity contribution in [2.45, 2.75) is 104 Å². The summed E-state index contributed by atoms with van der Waals surface area (Å²) in [6, 6.07) is 4.78. The lowest BCUT2D eigenvalue weighted by molar-refractivity contribution is -0.146. The first-order valence-electron chi connectivity index (χ1n) is 13.8. The van der Waals surface area contributed by atoms with Crippen LogP contribution in [0.4, 0.5) is 4.79 Å². The predicted octanol–water partition coefficient (Wildman–Crippen LogP) is 5.22. The Labute approximate surface area is 229 Å². The second-order valence-electron chi connectivity index (χ2n) is 11.2. The summed E-state index contributed by atoms with van der Waals surface area (Å²) in [5.41, 5.74) is 0.678. The number of nitrogens with one attached hydrogen (secondary N) is 2. The maximum atomic E-state index is 14.0. The van der Waals surface area contributed by atoms with E-state index in [9.17, 15) is 19.5 Å². The molecule has 0 radical (unpaired) electrons. The first-order valence-corrected chi connectivity index (χ1v) is 13.8. The first-order chi connectivity index (χ1) is 17.8. The monoisotopic (exact) mass is 531 g/mol. The van der Waals surface area contributed by atoms with Crippen LogP contribution in [-0.4, -0.2) is 58.8 Å². The minimum Gasteiger partial charge on any atom is -0.444 e. The predicted molar refractivity (Wildman–Crippen MR) is 152 cm³/mol. The third-order valence-corrected chi connectivity index (χ3v) is 6.13. The van der Waals surface area contributed by atoms with Crippen molar-refractivity contribution in [3.8, 4) is 0 Å². The van der Waals surface area contributed by atoms with Gasteiger partial charge in [0.05, 0.1) is 6.61 Å². The highest BCUT2D eigenvalue weighted by atomic mass is 16.6. The average molecular weight is 532 g/mol. The third kappa shape index (κ3) is 11.3. The zero-order valence-electron chi connectivity index (χ0n) is 24.4. The van der Waals surface area contributed by atoms with Gasteiger partial charge < -0.3 is 25.4 Å². The Morgan fingerprint density at radius 3 is 2.37 bits per heavy atom. The minimum atomic E-state index is -1.27. The first kappa shape index (κ1) is 33.2. The molecule has 38 heavy (non-hydrogen) atoms. The summed E-state index contributed by atoms with van der Waals surface area (Å²) in [7, 11) is 0. The Hall–Kier alpha value is -2.87. The van der Waals surface area contributed by atoms with Crippen molar-refractivity contribution < 1.29 is 24.2 Å². The number of aliphatic hydroxyl groups excluding tert-OH is 1. The molecule has 214 valence electrons. The summed E-state index contributed by atoms with van der Waals surface area (Å²) >= 11 is 0. The summed E-state index contributed by atoms with van der Waals surface area (Å²) < 4.78 is 5.32. The lowest BCUT2D eigenvalue weighted by atomic mass is 9.96. The van der Waals surface area contributed by atoms with Gasteiger partial charge in [-0.1, -0.05) is 64.5 Å². The molecule has 3 N–H and O–H groups in total. The summed E-state index contributed by atoms with van der Waals surface area (Å²) in [4.78, 5) is 41.7. The van der Waals surface area contributed by atoms with Gasteiger partial charge in [0, 0.05) is 12.6 Å². The quantitative estimate of drug-likeness (QED) is 0.269. The molecule has 0 saturated heterocycles. The molecule has 1 aromatic carbocycles. The summed E-state index contributed by atoms with van der Waals surface area (Å²) in [5, 5.41) is 15.6. The molecular formula is C30H49N3O5. The highest BCUT2D eigenvalue weighted by Gasteiger charge is 2.38. The van der Waals surface area contributed by atoms with E-state index >= 15 is 0 Å². The Balaban J connectivity index is 3.51. The number of hydrogen-bond acceptors (Lipinski definition) is 5. The number of alkyl carbamates (subject to hydrolysis) is 1. The van der Waals surface area contributed by atoms with Gasteiger partial charge in [-0.05, 0) is 70.1 Å². The molecule has 0 bridgehead atoms. The molecule has 1 rings (SSSR count). The summed E-state index contributed by atoms with van der Waals surface area (Å²) in [5.74, 6) is -0.457.